The zero-order valence-corrected chi connectivity index (χ0v) is 14.2. The summed E-state index contributed by atoms with van der Waals surface area (Å²) in [4.78, 5) is 17.8. The number of hydrogen-bond donors (Lipinski definition) is 2. The number of H-pyrrole nitrogens is 1. The third kappa shape index (κ3) is 2.43. The van der Waals surface area contributed by atoms with Crippen LogP contribution in [0, 0.1) is 0 Å². The fourth-order valence-electron chi connectivity index (χ4n) is 3.27. The van der Waals surface area contributed by atoms with Crippen molar-refractivity contribution in [3.63, 3.8) is 0 Å². The van der Waals surface area contributed by atoms with Gasteiger partial charge in [-0.3, -0.25) is 4.79 Å². The van der Waals surface area contributed by atoms with E-state index in [2.05, 4.69) is 4.98 Å². The van der Waals surface area contributed by atoms with Crippen molar-refractivity contribution in [2.75, 3.05) is 6.54 Å². The lowest BCUT2D eigenvalue weighted by molar-refractivity contribution is 0.0733. The van der Waals surface area contributed by atoms with Gasteiger partial charge in [-0.25, -0.2) is 0 Å². The van der Waals surface area contributed by atoms with Crippen molar-refractivity contribution in [2.24, 2.45) is 0 Å². The van der Waals surface area contributed by atoms with Gasteiger partial charge in [-0.1, -0.05) is 29.3 Å². The Balaban J connectivity index is 1.69. The molecule has 2 N–H and O–H groups in total. The van der Waals surface area contributed by atoms with Gasteiger partial charge in [0.05, 0.1) is 11.6 Å². The molecule has 1 aromatic heterocycles. The van der Waals surface area contributed by atoms with E-state index in [9.17, 15) is 9.90 Å². The largest absolute Gasteiger partial charge is 0.506 e. The fraction of sp³-hybridized carbons (Fsp3) is 0.167. The van der Waals surface area contributed by atoms with Gasteiger partial charge in [-0.2, -0.15) is 0 Å². The number of aromatic amines is 1. The van der Waals surface area contributed by atoms with Crippen LogP contribution in [0.1, 0.15) is 21.6 Å². The summed E-state index contributed by atoms with van der Waals surface area (Å²) in [7, 11) is 0. The number of benzene rings is 2. The van der Waals surface area contributed by atoms with Crippen LogP contribution in [0.4, 0.5) is 0 Å². The molecule has 0 saturated carbocycles. The quantitative estimate of drug-likeness (QED) is 0.676. The molecule has 0 radical (unpaired) electrons. The number of carbonyl (C=O) groups is 1. The zero-order chi connectivity index (χ0) is 16.8. The topological polar surface area (TPSA) is 56.3 Å². The number of nitrogens with zero attached hydrogens (tertiary/aromatic N) is 1. The predicted octanol–water partition coefficient (Wildman–Crippen LogP) is 4.38. The number of aromatic nitrogens is 1. The Hall–Kier alpha value is -2.17. The molecule has 6 heteroatoms. The lowest BCUT2D eigenvalue weighted by Gasteiger charge is -2.27. The molecule has 4 rings (SSSR count). The number of phenolic OH excluding ortho intramolecular Hbond substituents is 1. The summed E-state index contributed by atoms with van der Waals surface area (Å²) in [6.07, 6.45) is 0.662. The summed E-state index contributed by atoms with van der Waals surface area (Å²) in [5.41, 5.74) is 3.37. The van der Waals surface area contributed by atoms with E-state index in [1.54, 1.807) is 35.2 Å². The number of nitrogens with one attached hydrogen (secondary N) is 1. The first-order valence-electron chi connectivity index (χ1n) is 7.60. The van der Waals surface area contributed by atoms with Crippen molar-refractivity contribution in [3.8, 4) is 5.75 Å². The maximum atomic E-state index is 12.7. The number of fused-ring (bicyclic) bond motifs is 3. The Bertz CT molecular complexity index is 965. The van der Waals surface area contributed by atoms with E-state index in [1.807, 2.05) is 6.07 Å². The number of halogens is 2. The van der Waals surface area contributed by atoms with Gasteiger partial charge >= 0.3 is 0 Å². The smallest absolute Gasteiger partial charge is 0.254 e. The molecule has 0 bridgehead atoms. The lowest BCUT2D eigenvalue weighted by Crippen LogP contribution is -2.35. The van der Waals surface area contributed by atoms with E-state index >= 15 is 0 Å². The molecule has 3 aromatic rings. The van der Waals surface area contributed by atoms with Gasteiger partial charge in [0.25, 0.3) is 5.91 Å². The molecular weight excluding hydrogens is 347 g/mol. The van der Waals surface area contributed by atoms with Crippen molar-refractivity contribution in [1.29, 1.82) is 0 Å². The van der Waals surface area contributed by atoms with Gasteiger partial charge in [0, 0.05) is 33.7 Å². The molecule has 2 aromatic carbocycles. The number of carbonyl (C=O) groups excluding carboxylic acids is 1. The first kappa shape index (κ1) is 15.4. The molecule has 1 amide bonds. The number of amides is 1. The fourth-order valence-corrected chi connectivity index (χ4v) is 3.62. The molecule has 0 aliphatic carbocycles. The minimum Gasteiger partial charge on any atom is -0.506 e. The van der Waals surface area contributed by atoms with E-state index < -0.39 is 0 Å². The highest BCUT2D eigenvalue weighted by atomic mass is 35.5. The van der Waals surface area contributed by atoms with E-state index in [0.717, 1.165) is 22.2 Å². The van der Waals surface area contributed by atoms with Crippen molar-refractivity contribution in [1.82, 2.24) is 9.88 Å². The Morgan fingerprint density at radius 3 is 2.83 bits per heavy atom. The van der Waals surface area contributed by atoms with Gasteiger partial charge in [0.1, 0.15) is 5.75 Å². The number of phenols is 1. The molecule has 0 saturated heterocycles. The molecule has 4 nitrogen and oxygen atoms in total. The van der Waals surface area contributed by atoms with E-state index in [-0.39, 0.29) is 11.7 Å². The predicted molar refractivity (Wildman–Crippen MR) is 94.9 cm³/mol. The molecule has 0 fully saturated rings. The molecule has 2 heterocycles. The molecular formula is C18H14Cl2N2O2. The van der Waals surface area contributed by atoms with E-state index in [4.69, 9.17) is 23.2 Å². The standard InChI is InChI=1S/C18H14Cl2N2O2/c19-11-3-1-2-10(8-11)18(24)22-7-6-12-15(9-22)21-14-5-4-13(20)17(23)16(12)14/h1-5,8,21,23H,6-7,9H2. The average molecular weight is 361 g/mol. The molecule has 1 aliphatic rings. The molecule has 1 aliphatic heterocycles. The summed E-state index contributed by atoms with van der Waals surface area (Å²) >= 11 is 12.0. The minimum atomic E-state index is -0.0518. The first-order chi connectivity index (χ1) is 11.5. The second-order valence-corrected chi connectivity index (χ2v) is 6.73. The van der Waals surface area contributed by atoms with E-state index in [1.165, 1.54) is 0 Å². The minimum absolute atomic E-state index is 0.0518. The van der Waals surface area contributed by atoms with Crippen molar-refractivity contribution in [2.45, 2.75) is 13.0 Å². The third-order valence-corrected chi connectivity index (χ3v) is 4.96. The van der Waals surface area contributed by atoms with Crippen LogP contribution in [-0.4, -0.2) is 27.4 Å². The first-order valence-corrected chi connectivity index (χ1v) is 8.36. The van der Waals surface area contributed by atoms with Crippen LogP contribution in [0.5, 0.6) is 5.75 Å². The van der Waals surface area contributed by atoms with Gasteiger partial charge in [-0.05, 0) is 42.3 Å². The van der Waals surface area contributed by atoms with Crippen LogP contribution < -0.4 is 0 Å². The van der Waals surface area contributed by atoms with Crippen LogP contribution in [0.3, 0.4) is 0 Å². The molecule has 0 unspecified atom stereocenters. The molecule has 122 valence electrons. The van der Waals surface area contributed by atoms with E-state index in [0.29, 0.717) is 35.1 Å². The van der Waals surface area contributed by atoms with Gasteiger partial charge in [0.15, 0.2) is 0 Å². The Kier molecular flexibility index (Phi) is 3.66. The second kappa shape index (κ2) is 5.72. The van der Waals surface area contributed by atoms with Crippen molar-refractivity contribution >= 4 is 40.0 Å². The summed E-state index contributed by atoms with van der Waals surface area (Å²) in [5.74, 6) is 0.0466. The maximum Gasteiger partial charge on any atom is 0.254 e. The van der Waals surface area contributed by atoms with Crippen molar-refractivity contribution < 1.29 is 9.90 Å². The van der Waals surface area contributed by atoms with Crippen LogP contribution in [0.25, 0.3) is 10.9 Å². The number of hydrogen-bond acceptors (Lipinski definition) is 2. The van der Waals surface area contributed by atoms with Gasteiger partial charge < -0.3 is 15.0 Å². The normalized spacial score (nSPS) is 14.0. The molecule has 0 spiro atoms. The summed E-state index contributed by atoms with van der Waals surface area (Å²) in [6.45, 7) is 1.05. The SMILES string of the molecule is O=C(c1cccc(Cl)c1)N1CCc2c([nH]c3ccc(Cl)c(O)c23)C1. The van der Waals surface area contributed by atoms with Crippen LogP contribution in [0.15, 0.2) is 36.4 Å². The highest BCUT2D eigenvalue weighted by molar-refractivity contribution is 6.33. The maximum absolute atomic E-state index is 12.7. The summed E-state index contributed by atoms with van der Waals surface area (Å²) in [6, 6.07) is 10.5. The monoisotopic (exact) mass is 360 g/mol. The Labute approximate surface area is 148 Å². The average Bonchev–Trinajstić information content (AvgIpc) is 2.95. The Morgan fingerprint density at radius 1 is 1.21 bits per heavy atom. The Morgan fingerprint density at radius 2 is 2.04 bits per heavy atom. The second-order valence-electron chi connectivity index (χ2n) is 5.89. The van der Waals surface area contributed by atoms with Crippen LogP contribution >= 0.6 is 23.2 Å². The third-order valence-electron chi connectivity index (χ3n) is 4.42. The van der Waals surface area contributed by atoms with Gasteiger partial charge in [-0.15, -0.1) is 0 Å². The highest BCUT2D eigenvalue weighted by Crippen LogP contribution is 2.38. The molecule has 24 heavy (non-hydrogen) atoms. The zero-order valence-electron chi connectivity index (χ0n) is 12.6. The highest BCUT2D eigenvalue weighted by Gasteiger charge is 2.26. The van der Waals surface area contributed by atoms with Crippen LogP contribution in [0.2, 0.25) is 10.0 Å². The molecule has 0 atom stereocenters. The number of rotatable bonds is 1. The van der Waals surface area contributed by atoms with Crippen molar-refractivity contribution in [3.05, 3.63) is 63.3 Å². The van der Waals surface area contributed by atoms with Crippen LogP contribution in [-0.2, 0) is 13.0 Å². The van der Waals surface area contributed by atoms with Gasteiger partial charge in [0.2, 0.25) is 0 Å². The lowest BCUT2D eigenvalue weighted by atomic mass is 10.0. The summed E-state index contributed by atoms with van der Waals surface area (Å²) < 4.78 is 0. The summed E-state index contributed by atoms with van der Waals surface area (Å²) in [5, 5.41) is 11.9. The number of aromatic hydroxyl groups is 1.